The van der Waals surface area contributed by atoms with Gasteiger partial charge in [0.05, 0.1) is 41.0 Å². The molecule has 3 rings (SSSR count). The van der Waals surface area contributed by atoms with Crippen LogP contribution in [0.5, 0.6) is 23.0 Å². The molecule has 0 radical (unpaired) electrons. The number of esters is 2. The van der Waals surface area contributed by atoms with Gasteiger partial charge in [0.15, 0.2) is 23.0 Å². The van der Waals surface area contributed by atoms with E-state index < -0.39 is 18.0 Å². The number of hydrogen-bond acceptors (Lipinski definition) is 8. The molecule has 3 atom stereocenters. The van der Waals surface area contributed by atoms with Crippen LogP contribution in [0.25, 0.3) is 0 Å². The molecular weight excluding hydrogens is 416 g/mol. The van der Waals surface area contributed by atoms with Crippen molar-refractivity contribution in [1.82, 2.24) is 0 Å². The average Bonchev–Trinajstić information content (AvgIpc) is 3.16. The molecule has 172 valence electrons. The van der Waals surface area contributed by atoms with Gasteiger partial charge >= 0.3 is 11.9 Å². The van der Waals surface area contributed by atoms with Crippen LogP contribution < -0.4 is 18.9 Å². The zero-order valence-corrected chi connectivity index (χ0v) is 18.9. The average molecular weight is 444 g/mol. The van der Waals surface area contributed by atoms with Crippen molar-refractivity contribution in [3.05, 3.63) is 47.5 Å². The van der Waals surface area contributed by atoms with E-state index in [0.717, 1.165) is 5.56 Å². The molecule has 1 saturated heterocycles. The Morgan fingerprint density at radius 1 is 0.938 bits per heavy atom. The molecule has 8 heteroatoms. The third-order valence-corrected chi connectivity index (χ3v) is 5.56. The Hall–Kier alpha value is -3.42. The topological polar surface area (TPSA) is 89.5 Å². The maximum Gasteiger partial charge on any atom is 0.309 e. The van der Waals surface area contributed by atoms with Gasteiger partial charge in [0, 0.05) is 12.8 Å². The smallest absolute Gasteiger partial charge is 0.309 e. The summed E-state index contributed by atoms with van der Waals surface area (Å²) in [4.78, 5) is 24.6. The molecule has 0 saturated carbocycles. The monoisotopic (exact) mass is 444 g/mol. The fourth-order valence-electron chi connectivity index (χ4n) is 3.98. The van der Waals surface area contributed by atoms with Gasteiger partial charge in [-0.2, -0.15) is 0 Å². The third kappa shape index (κ3) is 4.90. The quantitative estimate of drug-likeness (QED) is 0.544. The molecule has 1 aliphatic rings. The molecule has 8 nitrogen and oxygen atoms in total. The van der Waals surface area contributed by atoms with E-state index in [2.05, 4.69) is 0 Å². The van der Waals surface area contributed by atoms with Gasteiger partial charge in [-0.15, -0.1) is 0 Å². The second kappa shape index (κ2) is 10.3. The molecule has 1 aliphatic heterocycles. The van der Waals surface area contributed by atoms with Gasteiger partial charge in [-0.1, -0.05) is 12.1 Å². The van der Waals surface area contributed by atoms with E-state index in [1.807, 2.05) is 12.1 Å². The van der Waals surface area contributed by atoms with Crippen LogP contribution in [0.3, 0.4) is 0 Å². The van der Waals surface area contributed by atoms with E-state index in [0.29, 0.717) is 35.0 Å². The van der Waals surface area contributed by atoms with Gasteiger partial charge in [0.25, 0.3) is 0 Å². The first-order valence-electron chi connectivity index (χ1n) is 10.2. The predicted octanol–water partition coefficient (Wildman–Crippen LogP) is 3.36. The molecule has 1 fully saturated rings. The molecule has 2 aromatic carbocycles. The predicted molar refractivity (Wildman–Crippen MR) is 115 cm³/mol. The molecule has 0 unspecified atom stereocenters. The molecule has 2 aromatic rings. The molecule has 0 bridgehead atoms. The number of benzene rings is 2. The van der Waals surface area contributed by atoms with E-state index in [1.165, 1.54) is 14.0 Å². The highest BCUT2D eigenvalue weighted by Crippen LogP contribution is 2.41. The SMILES string of the molecule is COc1ccc(C[C@H]2C(=O)OC[C@@H]2[C@H](OC(C)=O)c2ccc(OC)c(OC)c2)cc1OC. The van der Waals surface area contributed by atoms with Gasteiger partial charge in [0.2, 0.25) is 0 Å². The summed E-state index contributed by atoms with van der Waals surface area (Å²) in [6.07, 6.45) is -0.293. The molecule has 32 heavy (non-hydrogen) atoms. The van der Waals surface area contributed by atoms with Crippen molar-refractivity contribution in [1.29, 1.82) is 0 Å². The number of ether oxygens (including phenoxy) is 6. The Morgan fingerprint density at radius 3 is 2.12 bits per heavy atom. The minimum Gasteiger partial charge on any atom is -0.493 e. The van der Waals surface area contributed by atoms with Crippen LogP contribution in [-0.4, -0.2) is 47.0 Å². The second-order valence-electron chi connectivity index (χ2n) is 7.44. The summed E-state index contributed by atoms with van der Waals surface area (Å²) >= 11 is 0. The lowest BCUT2D eigenvalue weighted by Gasteiger charge is -2.26. The number of carbonyl (C=O) groups is 2. The van der Waals surface area contributed by atoms with E-state index in [9.17, 15) is 9.59 Å². The van der Waals surface area contributed by atoms with Crippen molar-refractivity contribution >= 4 is 11.9 Å². The van der Waals surface area contributed by atoms with Crippen LogP contribution in [0.2, 0.25) is 0 Å². The zero-order valence-electron chi connectivity index (χ0n) is 18.9. The van der Waals surface area contributed by atoms with Gasteiger partial charge in [-0.05, 0) is 41.8 Å². The van der Waals surface area contributed by atoms with E-state index in [-0.39, 0.29) is 18.5 Å². The molecule has 0 amide bonds. The van der Waals surface area contributed by atoms with Crippen molar-refractivity contribution in [3.8, 4) is 23.0 Å². The highest BCUT2D eigenvalue weighted by molar-refractivity contribution is 5.75. The molecule has 1 heterocycles. The minimum absolute atomic E-state index is 0.142. The summed E-state index contributed by atoms with van der Waals surface area (Å²) in [5.74, 6) is 0.566. The number of methoxy groups -OCH3 is 4. The van der Waals surface area contributed by atoms with Crippen LogP contribution >= 0.6 is 0 Å². The second-order valence-corrected chi connectivity index (χ2v) is 7.44. The lowest BCUT2D eigenvalue weighted by Crippen LogP contribution is -2.27. The number of rotatable bonds is 9. The van der Waals surface area contributed by atoms with Gasteiger partial charge in [-0.25, -0.2) is 0 Å². The van der Waals surface area contributed by atoms with Crippen molar-refractivity contribution in [2.24, 2.45) is 11.8 Å². The molecular formula is C24H28O8. The molecule has 0 aliphatic carbocycles. The minimum atomic E-state index is -0.691. The summed E-state index contributed by atoms with van der Waals surface area (Å²) < 4.78 is 32.4. The largest absolute Gasteiger partial charge is 0.493 e. The first-order valence-corrected chi connectivity index (χ1v) is 10.2. The van der Waals surface area contributed by atoms with Crippen molar-refractivity contribution in [3.63, 3.8) is 0 Å². The van der Waals surface area contributed by atoms with Gasteiger partial charge in [-0.3, -0.25) is 9.59 Å². The van der Waals surface area contributed by atoms with Crippen molar-refractivity contribution in [2.45, 2.75) is 19.4 Å². The molecule has 0 spiro atoms. The van der Waals surface area contributed by atoms with Crippen LogP contribution in [0.1, 0.15) is 24.2 Å². The fraction of sp³-hybridized carbons (Fsp3) is 0.417. The van der Waals surface area contributed by atoms with Crippen LogP contribution in [0, 0.1) is 11.8 Å². The van der Waals surface area contributed by atoms with Crippen LogP contribution in [-0.2, 0) is 25.5 Å². The normalized spacial score (nSPS) is 18.5. The Morgan fingerprint density at radius 2 is 1.53 bits per heavy atom. The highest BCUT2D eigenvalue weighted by atomic mass is 16.6. The summed E-state index contributed by atoms with van der Waals surface area (Å²) in [7, 11) is 6.20. The van der Waals surface area contributed by atoms with Crippen LogP contribution in [0.15, 0.2) is 36.4 Å². The molecule has 0 aromatic heterocycles. The summed E-state index contributed by atoms with van der Waals surface area (Å²) in [5.41, 5.74) is 1.57. The summed E-state index contributed by atoms with van der Waals surface area (Å²) in [6, 6.07) is 10.8. The Labute approximate surface area is 187 Å². The third-order valence-electron chi connectivity index (χ3n) is 5.56. The number of carbonyl (C=O) groups excluding carboxylic acids is 2. The van der Waals surface area contributed by atoms with E-state index in [1.54, 1.807) is 45.6 Å². The summed E-state index contributed by atoms with van der Waals surface area (Å²) in [5, 5.41) is 0. The van der Waals surface area contributed by atoms with E-state index >= 15 is 0 Å². The Kier molecular flexibility index (Phi) is 7.45. The van der Waals surface area contributed by atoms with Gasteiger partial charge in [0.1, 0.15) is 6.10 Å². The lowest BCUT2D eigenvalue weighted by atomic mass is 9.82. The van der Waals surface area contributed by atoms with Crippen molar-refractivity contribution < 1.29 is 38.0 Å². The first kappa shape index (κ1) is 23.2. The summed E-state index contributed by atoms with van der Waals surface area (Å²) in [6.45, 7) is 1.48. The Balaban J connectivity index is 1.94. The standard InChI is InChI=1S/C24H28O8/c1-14(25)32-23(16-7-9-20(28-3)22(12-16)30-5)18-13-31-24(26)17(18)10-15-6-8-19(27-2)21(11-15)29-4/h6-9,11-12,17-18,23H,10,13H2,1-5H3/t17-,18+,23-/m1/s1. The maximum absolute atomic E-state index is 12.6. The number of cyclic esters (lactones) is 1. The van der Waals surface area contributed by atoms with Gasteiger partial charge < -0.3 is 28.4 Å². The maximum atomic E-state index is 12.6. The van der Waals surface area contributed by atoms with Crippen molar-refractivity contribution in [2.75, 3.05) is 35.0 Å². The molecule has 0 N–H and O–H groups in total. The highest BCUT2D eigenvalue weighted by Gasteiger charge is 2.44. The number of hydrogen-bond donors (Lipinski definition) is 0. The zero-order chi connectivity index (χ0) is 23.3. The Bertz CT molecular complexity index is 970. The van der Waals surface area contributed by atoms with Crippen LogP contribution in [0.4, 0.5) is 0 Å². The lowest BCUT2D eigenvalue weighted by molar-refractivity contribution is -0.150. The first-order chi connectivity index (χ1) is 15.4. The fourth-order valence-corrected chi connectivity index (χ4v) is 3.98. The van der Waals surface area contributed by atoms with E-state index in [4.69, 9.17) is 28.4 Å².